The summed E-state index contributed by atoms with van der Waals surface area (Å²) in [6.45, 7) is 8.56. The Morgan fingerprint density at radius 3 is 2.57 bits per heavy atom. The van der Waals surface area contributed by atoms with E-state index in [1.54, 1.807) is 22.8 Å². The van der Waals surface area contributed by atoms with E-state index in [0.717, 1.165) is 11.4 Å². The van der Waals surface area contributed by atoms with Crippen LogP contribution in [0.3, 0.4) is 0 Å². The fourth-order valence-corrected chi connectivity index (χ4v) is 4.21. The normalized spacial score (nSPS) is 11.5. The van der Waals surface area contributed by atoms with Crippen molar-refractivity contribution < 1.29 is 4.79 Å². The number of hydrogen-bond donors (Lipinski definition) is 0. The van der Waals surface area contributed by atoms with E-state index in [9.17, 15) is 9.59 Å². The van der Waals surface area contributed by atoms with Crippen LogP contribution in [0.15, 0.2) is 34.2 Å². The first-order valence-electron chi connectivity index (χ1n) is 9.18. The van der Waals surface area contributed by atoms with E-state index in [-0.39, 0.29) is 23.0 Å². The van der Waals surface area contributed by atoms with Crippen molar-refractivity contribution in [1.29, 1.82) is 0 Å². The van der Waals surface area contributed by atoms with Crippen molar-refractivity contribution in [3.8, 4) is 0 Å². The lowest BCUT2D eigenvalue weighted by Crippen LogP contribution is -2.25. The van der Waals surface area contributed by atoms with Crippen LogP contribution in [-0.4, -0.2) is 25.7 Å². The van der Waals surface area contributed by atoms with Gasteiger partial charge in [-0.3, -0.25) is 14.2 Å². The Bertz CT molecular complexity index is 1120. The zero-order chi connectivity index (χ0) is 20.6. The minimum Gasteiger partial charge on any atom is -0.351 e. The molecule has 0 saturated heterocycles. The van der Waals surface area contributed by atoms with Gasteiger partial charge in [0, 0.05) is 35.6 Å². The highest BCUT2D eigenvalue weighted by Gasteiger charge is 2.18. The summed E-state index contributed by atoms with van der Waals surface area (Å²) in [6.07, 6.45) is 0. The topological polar surface area (TPSA) is 56.9 Å². The number of fused-ring (bicyclic) bond motifs is 1. The Morgan fingerprint density at radius 2 is 1.96 bits per heavy atom. The van der Waals surface area contributed by atoms with Gasteiger partial charge in [-0.1, -0.05) is 37.2 Å². The van der Waals surface area contributed by atoms with E-state index in [1.165, 1.54) is 11.8 Å². The van der Waals surface area contributed by atoms with Crippen molar-refractivity contribution in [2.45, 2.75) is 39.4 Å². The van der Waals surface area contributed by atoms with Gasteiger partial charge in [-0.25, -0.2) is 4.98 Å². The highest BCUT2D eigenvalue weighted by molar-refractivity contribution is 7.99. The number of aromatic nitrogens is 3. The molecule has 2 heterocycles. The number of rotatable bonds is 6. The molecule has 148 valence electrons. The summed E-state index contributed by atoms with van der Waals surface area (Å²) in [6, 6.07) is 7.00. The number of benzene rings is 1. The molecule has 0 saturated carbocycles. The first-order valence-corrected chi connectivity index (χ1v) is 10.5. The average Bonchev–Trinajstić information content (AvgIpc) is 2.89. The van der Waals surface area contributed by atoms with Crippen LogP contribution < -0.4 is 5.56 Å². The van der Waals surface area contributed by atoms with Crippen LogP contribution in [0.25, 0.3) is 10.9 Å². The van der Waals surface area contributed by atoms with Crippen molar-refractivity contribution in [1.82, 2.24) is 14.1 Å². The van der Waals surface area contributed by atoms with Gasteiger partial charge in [-0.2, -0.15) is 0 Å². The number of carbonyl (C=O) groups excluding carboxylic acids is 1. The van der Waals surface area contributed by atoms with Gasteiger partial charge in [0.15, 0.2) is 10.9 Å². The van der Waals surface area contributed by atoms with Crippen molar-refractivity contribution in [2.75, 3.05) is 5.75 Å². The second-order valence-corrected chi connectivity index (χ2v) is 8.80. The maximum Gasteiger partial charge on any atom is 0.262 e. The number of aryl methyl sites for hydroxylation is 1. The summed E-state index contributed by atoms with van der Waals surface area (Å²) in [5.41, 5.74) is 3.16. The highest BCUT2D eigenvalue weighted by Crippen LogP contribution is 2.23. The van der Waals surface area contributed by atoms with Crippen molar-refractivity contribution >= 4 is 40.0 Å². The van der Waals surface area contributed by atoms with Crippen LogP contribution in [-0.2, 0) is 13.6 Å². The summed E-state index contributed by atoms with van der Waals surface area (Å²) in [7, 11) is 1.95. The lowest BCUT2D eigenvalue weighted by molar-refractivity contribution is 0.102. The van der Waals surface area contributed by atoms with E-state index in [4.69, 9.17) is 11.6 Å². The predicted molar refractivity (Wildman–Crippen MR) is 116 cm³/mol. The van der Waals surface area contributed by atoms with Crippen molar-refractivity contribution in [2.24, 2.45) is 13.0 Å². The van der Waals surface area contributed by atoms with Crippen LogP contribution in [0.5, 0.6) is 0 Å². The summed E-state index contributed by atoms with van der Waals surface area (Å²) >= 11 is 7.38. The number of hydrogen-bond acceptors (Lipinski definition) is 4. The first kappa shape index (κ1) is 20.7. The summed E-state index contributed by atoms with van der Waals surface area (Å²) in [5, 5.41) is 1.62. The standard InChI is InChI=1S/C21H24ClN3O2S/c1-12(2)10-25-20(27)16-7-6-15(22)9-18(16)23-21(25)28-11-19(26)17-8-13(3)24(5)14(17)4/h6-9,12H,10-11H2,1-5H3. The molecular formula is C21H24ClN3O2S. The van der Waals surface area contributed by atoms with Crippen LogP contribution >= 0.6 is 23.4 Å². The van der Waals surface area contributed by atoms with E-state index in [1.807, 2.05) is 45.4 Å². The first-order chi connectivity index (χ1) is 13.2. The highest BCUT2D eigenvalue weighted by atomic mass is 35.5. The minimum atomic E-state index is -0.1000. The monoisotopic (exact) mass is 417 g/mol. The quantitative estimate of drug-likeness (QED) is 0.333. The van der Waals surface area contributed by atoms with Crippen LogP contribution in [0, 0.1) is 19.8 Å². The molecule has 0 atom stereocenters. The van der Waals surface area contributed by atoms with Crippen molar-refractivity contribution in [3.63, 3.8) is 0 Å². The largest absolute Gasteiger partial charge is 0.351 e. The zero-order valence-electron chi connectivity index (χ0n) is 16.7. The predicted octanol–water partition coefficient (Wildman–Crippen LogP) is 4.64. The molecule has 7 heteroatoms. The number of carbonyl (C=O) groups is 1. The maximum absolute atomic E-state index is 13.0. The van der Waals surface area contributed by atoms with Gasteiger partial charge in [0.05, 0.1) is 16.7 Å². The SMILES string of the molecule is Cc1cc(C(=O)CSc2nc3cc(Cl)ccc3c(=O)n2CC(C)C)c(C)n1C. The average molecular weight is 418 g/mol. The van der Waals surface area contributed by atoms with Gasteiger partial charge in [0.25, 0.3) is 5.56 Å². The molecule has 0 unspecified atom stereocenters. The minimum absolute atomic E-state index is 0.0303. The molecule has 0 amide bonds. The number of nitrogens with zero attached hydrogens (tertiary/aromatic N) is 3. The molecule has 0 N–H and O–H groups in total. The molecule has 0 aliphatic carbocycles. The van der Waals surface area contributed by atoms with Crippen LogP contribution in [0.1, 0.15) is 35.6 Å². The summed E-state index contributed by atoms with van der Waals surface area (Å²) < 4.78 is 3.67. The second-order valence-electron chi connectivity index (χ2n) is 7.42. The van der Waals surface area contributed by atoms with Gasteiger partial charge < -0.3 is 4.57 Å². The van der Waals surface area contributed by atoms with E-state index >= 15 is 0 Å². The summed E-state index contributed by atoms with van der Waals surface area (Å²) in [4.78, 5) is 30.4. The van der Waals surface area contributed by atoms with Gasteiger partial charge in [-0.15, -0.1) is 0 Å². The van der Waals surface area contributed by atoms with Gasteiger partial charge in [0.2, 0.25) is 0 Å². The van der Waals surface area contributed by atoms with E-state index in [2.05, 4.69) is 4.98 Å². The fourth-order valence-electron chi connectivity index (χ4n) is 3.16. The molecular weight excluding hydrogens is 394 g/mol. The number of Topliss-reactive ketones (excluding diaryl/α,β-unsaturated/α-hetero) is 1. The third-order valence-corrected chi connectivity index (χ3v) is 6.05. The fraction of sp³-hybridized carbons (Fsp3) is 0.381. The van der Waals surface area contributed by atoms with E-state index in [0.29, 0.717) is 33.2 Å². The Kier molecular flexibility index (Phi) is 6.01. The molecule has 0 fully saturated rings. The molecule has 3 aromatic rings. The Morgan fingerprint density at radius 1 is 1.25 bits per heavy atom. The molecule has 0 aliphatic heterocycles. The molecule has 0 aliphatic rings. The molecule has 5 nitrogen and oxygen atoms in total. The van der Waals surface area contributed by atoms with Crippen molar-refractivity contribution in [3.05, 3.63) is 56.6 Å². The van der Waals surface area contributed by atoms with Crippen LogP contribution in [0.4, 0.5) is 0 Å². The van der Waals surface area contributed by atoms with E-state index < -0.39 is 0 Å². The zero-order valence-corrected chi connectivity index (χ0v) is 18.3. The maximum atomic E-state index is 13.0. The Balaban J connectivity index is 1.97. The molecule has 1 aromatic carbocycles. The molecule has 3 rings (SSSR count). The number of thioether (sulfide) groups is 1. The Hall–Kier alpha value is -2.05. The lowest BCUT2D eigenvalue weighted by atomic mass is 10.2. The van der Waals surface area contributed by atoms with Crippen LogP contribution in [0.2, 0.25) is 5.02 Å². The van der Waals surface area contributed by atoms with Gasteiger partial charge in [-0.05, 0) is 44.0 Å². The molecule has 28 heavy (non-hydrogen) atoms. The molecule has 0 bridgehead atoms. The third-order valence-electron chi connectivity index (χ3n) is 4.84. The van der Waals surface area contributed by atoms with Gasteiger partial charge >= 0.3 is 0 Å². The molecule has 0 spiro atoms. The Labute approximate surface area is 173 Å². The smallest absolute Gasteiger partial charge is 0.262 e. The molecule has 0 radical (unpaired) electrons. The second kappa shape index (κ2) is 8.13. The van der Waals surface area contributed by atoms with Gasteiger partial charge in [0.1, 0.15) is 0 Å². The summed E-state index contributed by atoms with van der Waals surface area (Å²) in [5.74, 6) is 0.530. The third kappa shape index (κ3) is 4.03. The number of halogens is 1. The number of ketones is 1. The lowest BCUT2D eigenvalue weighted by Gasteiger charge is -2.15. The molecule has 2 aromatic heterocycles.